The molecule has 0 aromatic heterocycles. The molecule has 0 spiro atoms. The number of fused-ring (bicyclic) bond motifs is 1. The highest BCUT2D eigenvalue weighted by atomic mass is 16.5. The van der Waals surface area contributed by atoms with Gasteiger partial charge < -0.3 is 25.6 Å². The molecule has 3 aromatic carbocycles. The number of nitrogens with one attached hydrogen (secondary N) is 1. The van der Waals surface area contributed by atoms with E-state index in [4.69, 9.17) is 15.2 Å². The van der Waals surface area contributed by atoms with Crippen LogP contribution in [0.15, 0.2) is 78.9 Å². The Labute approximate surface area is 207 Å². The number of hydrogen-bond acceptors (Lipinski definition) is 5. The molecule has 6 heteroatoms. The SMILES string of the molecule is NC1c2cc(OCC(=O)NCc3ccccc3)ccc2CCCC1C[C@H](O)COc1ccccc1. The van der Waals surface area contributed by atoms with Gasteiger partial charge >= 0.3 is 0 Å². The number of hydrogen-bond donors (Lipinski definition) is 3. The van der Waals surface area contributed by atoms with Crippen LogP contribution < -0.4 is 20.5 Å². The summed E-state index contributed by atoms with van der Waals surface area (Å²) in [5.41, 5.74) is 9.98. The lowest BCUT2D eigenvalue weighted by Gasteiger charge is -2.25. The summed E-state index contributed by atoms with van der Waals surface area (Å²) >= 11 is 0. The van der Waals surface area contributed by atoms with Crippen LogP contribution in [0.25, 0.3) is 0 Å². The molecule has 0 radical (unpaired) electrons. The van der Waals surface area contributed by atoms with Crippen molar-refractivity contribution in [2.24, 2.45) is 11.7 Å². The van der Waals surface area contributed by atoms with Gasteiger partial charge in [0.05, 0.1) is 6.10 Å². The number of aliphatic hydroxyl groups is 1. The second-order valence-corrected chi connectivity index (χ2v) is 9.10. The van der Waals surface area contributed by atoms with Crippen LogP contribution in [-0.2, 0) is 17.8 Å². The summed E-state index contributed by atoms with van der Waals surface area (Å²) in [6.45, 7) is 0.650. The Bertz CT molecular complexity index is 1070. The normalized spacial score (nSPS) is 18.1. The Morgan fingerprint density at radius 3 is 2.51 bits per heavy atom. The number of amides is 1. The van der Waals surface area contributed by atoms with Crippen LogP contribution in [0.3, 0.4) is 0 Å². The highest BCUT2D eigenvalue weighted by molar-refractivity contribution is 5.77. The number of aliphatic hydroxyl groups excluding tert-OH is 1. The molecule has 1 amide bonds. The fourth-order valence-corrected chi connectivity index (χ4v) is 4.58. The van der Waals surface area contributed by atoms with Gasteiger partial charge in [-0.2, -0.15) is 0 Å². The smallest absolute Gasteiger partial charge is 0.258 e. The summed E-state index contributed by atoms with van der Waals surface area (Å²) in [6.07, 6.45) is 2.87. The van der Waals surface area contributed by atoms with Gasteiger partial charge in [-0.1, -0.05) is 54.6 Å². The molecule has 4 rings (SSSR count). The highest BCUT2D eigenvalue weighted by Crippen LogP contribution is 2.36. The lowest BCUT2D eigenvalue weighted by Crippen LogP contribution is -2.29. The first kappa shape index (κ1) is 24.8. The molecule has 0 saturated carbocycles. The first-order valence-electron chi connectivity index (χ1n) is 12.3. The second kappa shape index (κ2) is 12.4. The molecule has 0 aliphatic heterocycles. The minimum Gasteiger partial charge on any atom is -0.491 e. The summed E-state index contributed by atoms with van der Waals surface area (Å²) in [7, 11) is 0. The van der Waals surface area contributed by atoms with E-state index in [1.54, 1.807) is 0 Å². The van der Waals surface area contributed by atoms with Crippen molar-refractivity contribution < 1.29 is 19.4 Å². The monoisotopic (exact) mass is 474 g/mol. The van der Waals surface area contributed by atoms with Crippen LogP contribution in [0.4, 0.5) is 0 Å². The van der Waals surface area contributed by atoms with E-state index >= 15 is 0 Å². The van der Waals surface area contributed by atoms with Crippen LogP contribution in [-0.4, -0.2) is 30.3 Å². The molecule has 1 aliphatic carbocycles. The molecule has 2 unspecified atom stereocenters. The maximum absolute atomic E-state index is 12.2. The fourth-order valence-electron chi connectivity index (χ4n) is 4.58. The first-order valence-corrected chi connectivity index (χ1v) is 12.3. The maximum Gasteiger partial charge on any atom is 0.258 e. The zero-order chi connectivity index (χ0) is 24.5. The molecule has 35 heavy (non-hydrogen) atoms. The van der Waals surface area contributed by atoms with Crippen molar-refractivity contribution in [2.45, 2.75) is 44.4 Å². The molecular weight excluding hydrogens is 440 g/mol. The standard InChI is InChI=1S/C29H34N2O4/c30-29-23(16-24(32)19-34-25-12-5-2-6-13-25)11-7-10-22-14-15-26(17-27(22)29)35-20-28(33)31-18-21-8-3-1-4-9-21/h1-6,8-9,12-15,17,23-24,29,32H,7,10-11,16,18-20,30H2,(H,31,33)/t23?,24-,29?/m0/s1. The van der Waals surface area contributed by atoms with Crippen molar-refractivity contribution in [1.29, 1.82) is 0 Å². The molecule has 6 nitrogen and oxygen atoms in total. The van der Waals surface area contributed by atoms with Gasteiger partial charge in [-0.05, 0) is 72.6 Å². The maximum atomic E-state index is 12.2. The number of nitrogens with two attached hydrogens (primary N) is 1. The highest BCUT2D eigenvalue weighted by Gasteiger charge is 2.27. The number of carbonyl (C=O) groups excluding carboxylic acids is 1. The molecule has 0 heterocycles. The number of para-hydroxylation sites is 1. The minimum absolute atomic E-state index is 0.0557. The predicted octanol–water partition coefficient (Wildman–Crippen LogP) is 4.16. The molecule has 0 bridgehead atoms. The molecule has 1 aliphatic rings. The Balaban J connectivity index is 1.31. The Kier molecular flexibility index (Phi) is 8.76. The van der Waals surface area contributed by atoms with Crippen LogP contribution in [0.5, 0.6) is 11.5 Å². The zero-order valence-corrected chi connectivity index (χ0v) is 19.9. The van der Waals surface area contributed by atoms with E-state index in [9.17, 15) is 9.90 Å². The second-order valence-electron chi connectivity index (χ2n) is 9.10. The van der Waals surface area contributed by atoms with E-state index in [2.05, 4.69) is 5.32 Å². The number of aryl methyl sites for hydroxylation is 1. The van der Waals surface area contributed by atoms with Gasteiger partial charge in [0.25, 0.3) is 5.91 Å². The van der Waals surface area contributed by atoms with Crippen molar-refractivity contribution in [3.8, 4) is 11.5 Å². The molecule has 0 fully saturated rings. The van der Waals surface area contributed by atoms with Gasteiger partial charge in [0.15, 0.2) is 6.61 Å². The summed E-state index contributed by atoms with van der Waals surface area (Å²) in [5.74, 6) is 1.34. The Morgan fingerprint density at radius 2 is 1.74 bits per heavy atom. The Hall–Kier alpha value is -3.35. The quantitative estimate of drug-likeness (QED) is 0.384. The number of ether oxygens (including phenoxy) is 2. The van der Waals surface area contributed by atoms with Crippen molar-refractivity contribution in [2.75, 3.05) is 13.2 Å². The molecule has 3 atom stereocenters. The number of benzene rings is 3. The van der Waals surface area contributed by atoms with Crippen molar-refractivity contribution in [1.82, 2.24) is 5.32 Å². The summed E-state index contributed by atoms with van der Waals surface area (Å²) in [6, 6.07) is 25.0. The molecule has 3 aromatic rings. The molecular formula is C29H34N2O4. The van der Waals surface area contributed by atoms with Gasteiger partial charge in [0.1, 0.15) is 18.1 Å². The Morgan fingerprint density at radius 1 is 1.00 bits per heavy atom. The third-order valence-corrected chi connectivity index (χ3v) is 6.47. The van der Waals surface area contributed by atoms with E-state index in [0.717, 1.165) is 36.1 Å². The predicted molar refractivity (Wildman–Crippen MR) is 136 cm³/mol. The molecule has 4 N–H and O–H groups in total. The first-order chi connectivity index (χ1) is 17.1. The van der Waals surface area contributed by atoms with Gasteiger partial charge in [0, 0.05) is 12.6 Å². The minimum atomic E-state index is -0.597. The van der Waals surface area contributed by atoms with Crippen LogP contribution in [0, 0.1) is 5.92 Å². The van der Waals surface area contributed by atoms with Crippen LogP contribution >= 0.6 is 0 Å². The average molecular weight is 475 g/mol. The van der Waals surface area contributed by atoms with Crippen molar-refractivity contribution in [3.05, 3.63) is 95.6 Å². The van der Waals surface area contributed by atoms with Gasteiger partial charge in [-0.3, -0.25) is 4.79 Å². The van der Waals surface area contributed by atoms with Crippen molar-refractivity contribution >= 4 is 5.91 Å². The van der Waals surface area contributed by atoms with E-state index in [1.165, 1.54) is 5.56 Å². The van der Waals surface area contributed by atoms with Crippen LogP contribution in [0.1, 0.15) is 42.0 Å². The van der Waals surface area contributed by atoms with Crippen molar-refractivity contribution in [3.63, 3.8) is 0 Å². The summed E-state index contributed by atoms with van der Waals surface area (Å²) in [4.78, 5) is 12.2. The molecule has 184 valence electrons. The van der Waals surface area contributed by atoms with Gasteiger partial charge in [-0.15, -0.1) is 0 Å². The van der Waals surface area contributed by atoms with E-state index < -0.39 is 6.10 Å². The summed E-state index contributed by atoms with van der Waals surface area (Å²) in [5, 5.41) is 13.5. The third-order valence-electron chi connectivity index (χ3n) is 6.47. The topological polar surface area (TPSA) is 93.8 Å². The van der Waals surface area contributed by atoms with Crippen LogP contribution in [0.2, 0.25) is 0 Å². The molecule has 0 saturated heterocycles. The van der Waals surface area contributed by atoms with Gasteiger partial charge in [-0.25, -0.2) is 0 Å². The zero-order valence-electron chi connectivity index (χ0n) is 19.9. The fraction of sp³-hybridized carbons (Fsp3) is 0.345. The average Bonchev–Trinajstić information content (AvgIpc) is 3.04. The van der Waals surface area contributed by atoms with E-state index in [-0.39, 0.29) is 31.1 Å². The number of carbonyl (C=O) groups is 1. The largest absolute Gasteiger partial charge is 0.491 e. The van der Waals surface area contributed by atoms with E-state index in [0.29, 0.717) is 18.7 Å². The van der Waals surface area contributed by atoms with E-state index in [1.807, 2.05) is 78.9 Å². The van der Waals surface area contributed by atoms with Gasteiger partial charge in [0.2, 0.25) is 0 Å². The third kappa shape index (κ3) is 7.31. The number of rotatable bonds is 10. The lowest BCUT2D eigenvalue weighted by atomic mass is 9.87. The summed E-state index contributed by atoms with van der Waals surface area (Å²) < 4.78 is 11.5. The lowest BCUT2D eigenvalue weighted by molar-refractivity contribution is -0.123.